The maximum absolute atomic E-state index is 13.2. The van der Waals surface area contributed by atoms with Gasteiger partial charge in [-0.1, -0.05) is 25.1 Å². The van der Waals surface area contributed by atoms with Crippen LogP contribution >= 0.6 is 0 Å². The molecule has 8 aromatic carbocycles. The molecule has 5 atom stereocenters. The molecule has 3 saturated heterocycles. The second-order valence-corrected chi connectivity index (χ2v) is 33.0. The molecule has 0 spiro atoms. The number of hydrogen-bond donors (Lipinski definition) is 11. The first-order valence-electron chi connectivity index (χ1n) is 41.0. The lowest BCUT2D eigenvalue weighted by molar-refractivity contribution is -0.120. The van der Waals surface area contributed by atoms with Crippen LogP contribution < -0.4 is 36.0 Å². The van der Waals surface area contributed by atoms with E-state index in [1.165, 1.54) is 18.5 Å². The lowest BCUT2D eigenvalue weighted by Gasteiger charge is -2.32. The Balaban J connectivity index is 0.000000105. The minimum Gasteiger partial charge on any atom is -0.378 e. The van der Waals surface area contributed by atoms with Gasteiger partial charge in [0, 0.05) is 133 Å². The second kappa shape index (κ2) is 30.7. The van der Waals surface area contributed by atoms with Crippen molar-refractivity contribution in [3.8, 4) is 34.6 Å². The van der Waals surface area contributed by atoms with Gasteiger partial charge >= 0.3 is 0 Å². The van der Waals surface area contributed by atoms with Gasteiger partial charge in [0.15, 0.2) is 17.5 Å². The highest BCUT2D eigenvalue weighted by Crippen LogP contribution is 2.52. The molecule has 11 heterocycles. The normalized spacial score (nSPS) is 20.7. The number of ether oxygens (including phenoxy) is 2. The highest BCUT2D eigenvalue weighted by Gasteiger charge is 2.63. The number of rotatable bonds is 15. The van der Waals surface area contributed by atoms with Crippen molar-refractivity contribution < 1.29 is 63.8 Å². The largest absolute Gasteiger partial charge is 0.378 e. The van der Waals surface area contributed by atoms with E-state index in [0.717, 1.165) is 150 Å². The number of alkyl halides is 8. The van der Waals surface area contributed by atoms with Crippen molar-refractivity contribution in [2.75, 3.05) is 95.1 Å². The molecule has 4 saturated carbocycles. The maximum Gasteiger partial charge on any atom is 0.260 e. The molecule has 36 heteroatoms. The Bertz CT molecular complexity index is 6770. The number of aliphatic imine (C=N–C) groups is 1. The molecule has 28 nitrogen and oxygen atoms in total. The molecule has 124 heavy (non-hydrogen) atoms. The van der Waals surface area contributed by atoms with Crippen LogP contribution in [0.25, 0.3) is 111 Å². The van der Waals surface area contributed by atoms with E-state index in [1.807, 2.05) is 48.5 Å². The molecular formula is C88H80F8N22O6. The van der Waals surface area contributed by atoms with Crippen LogP contribution in [0.3, 0.4) is 0 Å². The summed E-state index contributed by atoms with van der Waals surface area (Å²) >= 11 is 0. The summed E-state index contributed by atoms with van der Waals surface area (Å²) in [6.07, 6.45) is 1.68. The van der Waals surface area contributed by atoms with E-state index in [4.69, 9.17) is 14.5 Å². The Morgan fingerprint density at radius 1 is 0.403 bits per heavy atom. The van der Waals surface area contributed by atoms with E-state index >= 15 is 0 Å². The summed E-state index contributed by atoms with van der Waals surface area (Å²) < 4.78 is 116. The predicted molar refractivity (Wildman–Crippen MR) is 454 cm³/mol. The highest BCUT2D eigenvalue weighted by atomic mass is 19.3. The summed E-state index contributed by atoms with van der Waals surface area (Å²) in [5.74, 6) is -16.6. The van der Waals surface area contributed by atoms with E-state index in [1.54, 1.807) is 72.8 Å². The number of hydrogen-bond acceptors (Lipinski definition) is 17. The Morgan fingerprint density at radius 2 is 0.750 bits per heavy atom. The van der Waals surface area contributed by atoms with Crippen LogP contribution in [0.2, 0.25) is 0 Å². The molecular weight excluding hydrogens is 1610 g/mol. The SMILES string of the molecule is CC1CCN(c2ccc3nc(-c4n[nH]c5ccc(NC(=O)C6CC6(F)F)cc45)[nH]c3c2)CC1.CC1CN(c2ccc3nc(-c4n[nH]c5ccc(NC(=O)C6CC6(F)F)cc45)[nH]c3c2)CCO1.O=C(Nc1ccc2[nH]nc(-c3nc4ccc(N5CCOCC5)cc4[nH]3)c2c1)C1CC1(F)F.O=C(Nc1ccc2[nH]nc(C3=Nc4ccccc4C3)c2c1)C1CC1(F)F. The zero-order valence-corrected chi connectivity index (χ0v) is 66.6. The fourth-order valence-corrected chi connectivity index (χ4v) is 16.4. The van der Waals surface area contributed by atoms with Crippen LogP contribution in [0.15, 0.2) is 157 Å². The predicted octanol–water partition coefficient (Wildman–Crippen LogP) is 16.2. The topological polar surface area (TPSA) is 358 Å². The Kier molecular flexibility index (Phi) is 19.6. The Morgan fingerprint density at radius 3 is 1.12 bits per heavy atom. The lowest BCUT2D eigenvalue weighted by atomic mass is 9.99. The quantitative estimate of drug-likeness (QED) is 0.0425. The van der Waals surface area contributed by atoms with Crippen LogP contribution in [-0.2, 0) is 35.1 Å². The van der Waals surface area contributed by atoms with Crippen LogP contribution in [0.5, 0.6) is 0 Å². The smallest absolute Gasteiger partial charge is 0.260 e. The number of benzene rings is 8. The molecule has 11 N–H and O–H groups in total. The standard InChI is InChI=1S/C24H24F2N6O.C23H22F2N6O2.C22H20F2N6O2.C19H14F2N4O/c1-13-6-8-32(9-7-13)15-3-5-19-20(11-15)29-22(28-19)21-16-10-14(2-4-18(16)30-31-21)27-23(33)17-12-24(17,25)26;1-12-11-31(6-7-33-12)14-3-5-18-19(9-14)28-21(27-18)20-15-8-13(2-4-17(15)29-30-20)26-22(32)16-10-23(16,24)25;23-22(24)11-15(22)21(31)25-12-1-3-16-14(9-12)19(29-28-16)20-26-17-4-2-13(10-18(17)27-20)30-5-7-32-8-6-30;20-19(21)9-13(19)18(26)22-11-5-6-15-12(8-11)17(25-24-15)16-7-10-3-1-2-4-14(10)23-16/h2-5,10-11,13,17H,6-9,12H2,1H3,(H,27,33)(H,28,29)(H,30,31);2-5,8-9,12,16H,6-7,10-11H2,1H3,(H,26,32)(H,27,28)(H,29,30);1-4,9-10,15H,5-8,11H2,(H,25,31)(H,26,27)(H,28,29);1-6,8,13H,7,9H2,(H,22,26)(H,24,25). The molecule has 5 unspecified atom stereocenters. The molecule has 7 fully saturated rings. The van der Waals surface area contributed by atoms with Crippen molar-refractivity contribution in [3.05, 3.63) is 163 Å². The van der Waals surface area contributed by atoms with Gasteiger partial charge in [0.2, 0.25) is 23.6 Å². The summed E-state index contributed by atoms with van der Waals surface area (Å²) in [5.41, 5.74) is 18.9. The van der Waals surface area contributed by atoms with Crippen molar-refractivity contribution in [3.63, 3.8) is 0 Å². The first kappa shape index (κ1) is 78.9. The third kappa shape index (κ3) is 15.9. The molecule has 23 rings (SSSR count). The highest BCUT2D eigenvalue weighted by molar-refractivity contribution is 6.14. The first-order valence-corrected chi connectivity index (χ1v) is 41.0. The fourth-order valence-electron chi connectivity index (χ4n) is 16.4. The van der Waals surface area contributed by atoms with Gasteiger partial charge in [-0.2, -0.15) is 20.4 Å². The molecule has 7 aromatic heterocycles. The van der Waals surface area contributed by atoms with Gasteiger partial charge in [0.05, 0.1) is 92.5 Å². The number of imidazole rings is 3. The zero-order chi connectivity index (χ0) is 85.2. The Hall–Kier alpha value is -13.6. The van der Waals surface area contributed by atoms with Crippen LogP contribution in [0.4, 0.5) is 80.6 Å². The number of piperidine rings is 1. The monoisotopic (exact) mass is 1690 g/mol. The van der Waals surface area contributed by atoms with E-state index in [0.29, 0.717) is 89.2 Å². The number of nitrogens with zero attached hydrogens (tertiary/aromatic N) is 11. The van der Waals surface area contributed by atoms with Crippen molar-refractivity contribution in [2.45, 2.75) is 88.6 Å². The molecule has 15 aromatic rings. The van der Waals surface area contributed by atoms with Crippen molar-refractivity contribution in [1.82, 2.24) is 70.7 Å². The van der Waals surface area contributed by atoms with E-state index in [-0.39, 0.29) is 12.5 Å². The molecule has 0 bridgehead atoms. The average Bonchev–Trinajstić information content (AvgIpc) is 1.62. The summed E-state index contributed by atoms with van der Waals surface area (Å²) in [5, 5.41) is 42.8. The summed E-state index contributed by atoms with van der Waals surface area (Å²) in [7, 11) is 0. The van der Waals surface area contributed by atoms with Crippen molar-refractivity contribution >= 4 is 152 Å². The number of aromatic nitrogens is 14. The van der Waals surface area contributed by atoms with E-state index in [2.05, 4.69) is 151 Å². The minimum atomic E-state index is -2.90. The van der Waals surface area contributed by atoms with Gasteiger partial charge in [-0.05, 0) is 165 Å². The Labute approximate surface area is 698 Å². The number of fused-ring (bicyclic) bond motifs is 8. The summed E-state index contributed by atoms with van der Waals surface area (Å²) in [6.45, 7) is 11.9. The minimum absolute atomic E-state index is 0.183. The molecule has 8 aliphatic rings. The molecule has 4 aliphatic heterocycles. The first-order chi connectivity index (χ1) is 59.7. The van der Waals surface area contributed by atoms with Gasteiger partial charge < -0.3 is 60.4 Å². The third-order valence-corrected chi connectivity index (χ3v) is 24.0. The van der Waals surface area contributed by atoms with Crippen LogP contribution in [0.1, 0.15) is 63.6 Å². The number of para-hydroxylation sites is 1. The number of morpholine rings is 2. The van der Waals surface area contributed by atoms with E-state index in [9.17, 15) is 54.3 Å². The molecule has 634 valence electrons. The number of H-pyrrole nitrogens is 7. The van der Waals surface area contributed by atoms with E-state index < -0.39 is 90.3 Å². The molecule has 0 radical (unpaired) electrons. The average molecular weight is 1690 g/mol. The van der Waals surface area contributed by atoms with Crippen LogP contribution in [0, 0.1) is 29.6 Å². The summed E-state index contributed by atoms with van der Waals surface area (Å²) in [6, 6.07) is 47.0. The van der Waals surface area contributed by atoms with Gasteiger partial charge in [-0.3, -0.25) is 44.6 Å². The molecule has 4 aliphatic carbocycles. The van der Waals surface area contributed by atoms with Crippen molar-refractivity contribution in [2.24, 2.45) is 34.6 Å². The number of amides is 4. The van der Waals surface area contributed by atoms with Gasteiger partial charge in [0.1, 0.15) is 46.4 Å². The maximum atomic E-state index is 13.2. The fraction of sp³-hybridized carbons (Fsp3) is 0.318. The summed E-state index contributed by atoms with van der Waals surface area (Å²) in [4.78, 5) is 83.8. The molecule has 4 amide bonds. The van der Waals surface area contributed by atoms with Gasteiger partial charge in [-0.15, -0.1) is 0 Å². The third-order valence-electron chi connectivity index (χ3n) is 24.0. The van der Waals surface area contributed by atoms with Crippen LogP contribution in [-0.4, -0.2) is 189 Å². The number of halogens is 8. The number of aromatic amines is 7. The van der Waals surface area contributed by atoms with Crippen molar-refractivity contribution in [1.29, 1.82) is 0 Å². The van der Waals surface area contributed by atoms with Gasteiger partial charge in [0.25, 0.3) is 23.7 Å². The zero-order valence-electron chi connectivity index (χ0n) is 66.6. The number of anilines is 7. The number of carbonyl (C=O) groups is 4. The van der Waals surface area contributed by atoms with Gasteiger partial charge in [-0.25, -0.2) is 50.1 Å². The number of carbonyl (C=O) groups excluding carboxylic acids is 4. The lowest BCUT2D eigenvalue weighted by Crippen LogP contribution is -2.41. The number of nitrogens with one attached hydrogen (secondary N) is 11. The second-order valence-electron chi connectivity index (χ2n) is 33.0.